The highest BCUT2D eigenvalue weighted by atomic mass is 32.2. The summed E-state index contributed by atoms with van der Waals surface area (Å²) in [6.45, 7) is 7.53. The van der Waals surface area contributed by atoms with Gasteiger partial charge in [0, 0.05) is 30.9 Å². The zero-order chi connectivity index (χ0) is 12.8. The van der Waals surface area contributed by atoms with Crippen LogP contribution in [0.1, 0.15) is 32.6 Å². The quantitative estimate of drug-likeness (QED) is 0.827. The van der Waals surface area contributed by atoms with Crippen molar-refractivity contribution in [2.45, 2.75) is 50.0 Å². The van der Waals surface area contributed by atoms with Gasteiger partial charge in [-0.3, -0.25) is 4.90 Å². The van der Waals surface area contributed by atoms with E-state index in [-0.39, 0.29) is 0 Å². The van der Waals surface area contributed by atoms with Crippen molar-refractivity contribution < 1.29 is 4.74 Å². The van der Waals surface area contributed by atoms with E-state index in [1.807, 2.05) is 11.8 Å². The number of morpholine rings is 1. The number of likely N-dealkylation sites (N-methyl/N-ethyl adjacent to an activating group) is 1. The Balaban J connectivity index is 1.63. The SMILES string of the molecule is CCN1CCOC(CNC2CCC(SC)CC2)C1. The van der Waals surface area contributed by atoms with E-state index in [1.165, 1.54) is 25.7 Å². The zero-order valence-corrected chi connectivity index (χ0v) is 12.7. The Morgan fingerprint density at radius 3 is 2.72 bits per heavy atom. The average Bonchev–Trinajstić information content (AvgIpc) is 2.46. The molecule has 18 heavy (non-hydrogen) atoms. The molecule has 1 atom stereocenters. The normalized spacial score (nSPS) is 34.7. The van der Waals surface area contributed by atoms with Crippen LogP contribution in [0.4, 0.5) is 0 Å². The Hall–Kier alpha value is 0.230. The maximum atomic E-state index is 5.84. The standard InChI is InChI=1S/C14H28N2OS/c1-3-16-8-9-17-13(11-16)10-15-12-4-6-14(18-2)7-5-12/h12-15H,3-11H2,1-2H3. The van der Waals surface area contributed by atoms with Gasteiger partial charge in [-0.2, -0.15) is 11.8 Å². The largest absolute Gasteiger partial charge is 0.374 e. The molecule has 2 fully saturated rings. The van der Waals surface area contributed by atoms with Crippen LogP contribution < -0.4 is 5.32 Å². The summed E-state index contributed by atoms with van der Waals surface area (Å²) < 4.78 is 5.84. The van der Waals surface area contributed by atoms with Crippen LogP contribution in [-0.2, 0) is 4.74 Å². The highest BCUT2D eigenvalue weighted by Crippen LogP contribution is 2.26. The van der Waals surface area contributed by atoms with Gasteiger partial charge in [0.25, 0.3) is 0 Å². The molecule has 2 aliphatic rings. The predicted molar refractivity (Wildman–Crippen MR) is 79.4 cm³/mol. The fourth-order valence-electron chi connectivity index (χ4n) is 2.99. The number of nitrogens with one attached hydrogen (secondary N) is 1. The highest BCUT2D eigenvalue weighted by Gasteiger charge is 2.23. The third-order valence-electron chi connectivity index (χ3n) is 4.31. The first-order valence-electron chi connectivity index (χ1n) is 7.42. The van der Waals surface area contributed by atoms with Gasteiger partial charge in [-0.05, 0) is 38.5 Å². The molecule has 0 amide bonds. The molecule has 4 heteroatoms. The second kappa shape index (κ2) is 7.73. The minimum atomic E-state index is 0.400. The van der Waals surface area contributed by atoms with E-state index >= 15 is 0 Å². The van der Waals surface area contributed by atoms with Gasteiger partial charge in [0.2, 0.25) is 0 Å². The maximum absolute atomic E-state index is 5.84. The Bertz CT molecular complexity index is 232. The molecular formula is C14H28N2OS. The van der Waals surface area contributed by atoms with Crippen molar-refractivity contribution in [2.75, 3.05) is 39.0 Å². The summed E-state index contributed by atoms with van der Waals surface area (Å²) in [7, 11) is 0. The van der Waals surface area contributed by atoms with Crippen molar-refractivity contribution in [1.82, 2.24) is 10.2 Å². The van der Waals surface area contributed by atoms with Gasteiger partial charge >= 0.3 is 0 Å². The van der Waals surface area contributed by atoms with Crippen LogP contribution in [0.25, 0.3) is 0 Å². The molecule has 1 saturated heterocycles. The molecule has 1 N–H and O–H groups in total. The molecule has 0 spiro atoms. The molecule has 0 aromatic heterocycles. The monoisotopic (exact) mass is 272 g/mol. The lowest BCUT2D eigenvalue weighted by Crippen LogP contribution is -2.48. The first-order valence-corrected chi connectivity index (χ1v) is 8.70. The Labute approximate surface area is 116 Å². The molecule has 3 nitrogen and oxygen atoms in total. The lowest BCUT2D eigenvalue weighted by atomic mass is 9.95. The molecule has 0 radical (unpaired) electrons. The molecule has 0 aromatic rings. The van der Waals surface area contributed by atoms with Crippen molar-refractivity contribution >= 4 is 11.8 Å². The number of ether oxygens (including phenoxy) is 1. The minimum absolute atomic E-state index is 0.400. The third-order valence-corrected chi connectivity index (χ3v) is 5.45. The molecule has 1 heterocycles. The van der Waals surface area contributed by atoms with Crippen LogP contribution in [0, 0.1) is 0 Å². The number of nitrogens with zero attached hydrogens (tertiary/aromatic N) is 1. The topological polar surface area (TPSA) is 24.5 Å². The van der Waals surface area contributed by atoms with Crippen molar-refractivity contribution in [2.24, 2.45) is 0 Å². The molecule has 1 aliphatic carbocycles. The summed E-state index contributed by atoms with van der Waals surface area (Å²) in [5, 5.41) is 4.63. The molecule has 1 unspecified atom stereocenters. The second-order valence-electron chi connectivity index (χ2n) is 5.50. The van der Waals surface area contributed by atoms with E-state index in [1.54, 1.807) is 0 Å². The van der Waals surface area contributed by atoms with Gasteiger partial charge in [0.05, 0.1) is 12.7 Å². The molecule has 0 bridgehead atoms. The summed E-state index contributed by atoms with van der Waals surface area (Å²) in [5.41, 5.74) is 0. The molecule has 1 aliphatic heterocycles. The van der Waals surface area contributed by atoms with Crippen molar-refractivity contribution in [3.8, 4) is 0 Å². The number of thioether (sulfide) groups is 1. The number of hydrogen-bond donors (Lipinski definition) is 1. The maximum Gasteiger partial charge on any atom is 0.0826 e. The van der Waals surface area contributed by atoms with Crippen molar-refractivity contribution in [3.63, 3.8) is 0 Å². The van der Waals surface area contributed by atoms with Crippen LogP contribution in [0.5, 0.6) is 0 Å². The second-order valence-corrected chi connectivity index (χ2v) is 6.64. The summed E-state index contributed by atoms with van der Waals surface area (Å²) >= 11 is 2.04. The molecular weight excluding hydrogens is 244 g/mol. The smallest absolute Gasteiger partial charge is 0.0826 e. The van der Waals surface area contributed by atoms with E-state index < -0.39 is 0 Å². The van der Waals surface area contributed by atoms with E-state index in [0.29, 0.717) is 6.10 Å². The van der Waals surface area contributed by atoms with E-state index in [4.69, 9.17) is 4.74 Å². The number of hydrogen-bond acceptors (Lipinski definition) is 4. The van der Waals surface area contributed by atoms with Crippen LogP contribution >= 0.6 is 11.8 Å². The van der Waals surface area contributed by atoms with E-state index in [2.05, 4.69) is 23.4 Å². The molecule has 0 aromatic carbocycles. The highest BCUT2D eigenvalue weighted by molar-refractivity contribution is 7.99. The predicted octanol–water partition coefficient (Wildman–Crippen LogP) is 1.97. The van der Waals surface area contributed by atoms with Crippen LogP contribution in [0.15, 0.2) is 0 Å². The van der Waals surface area contributed by atoms with Crippen molar-refractivity contribution in [1.29, 1.82) is 0 Å². The lowest BCUT2D eigenvalue weighted by molar-refractivity contribution is -0.0267. The van der Waals surface area contributed by atoms with E-state index in [0.717, 1.165) is 44.1 Å². The zero-order valence-electron chi connectivity index (χ0n) is 11.9. The number of rotatable bonds is 5. The van der Waals surface area contributed by atoms with Crippen LogP contribution in [0.2, 0.25) is 0 Å². The Morgan fingerprint density at radius 2 is 2.06 bits per heavy atom. The van der Waals surface area contributed by atoms with Crippen LogP contribution in [-0.4, -0.2) is 61.3 Å². The summed E-state index contributed by atoms with van der Waals surface area (Å²) in [6.07, 6.45) is 8.09. The van der Waals surface area contributed by atoms with Gasteiger partial charge in [0.15, 0.2) is 0 Å². The average molecular weight is 272 g/mol. The Kier molecular flexibility index (Phi) is 6.29. The first-order chi connectivity index (χ1) is 8.81. The summed E-state index contributed by atoms with van der Waals surface area (Å²) in [6, 6.07) is 0.731. The molecule has 106 valence electrons. The molecule has 2 rings (SSSR count). The fraction of sp³-hybridized carbons (Fsp3) is 1.00. The van der Waals surface area contributed by atoms with Gasteiger partial charge in [-0.25, -0.2) is 0 Å². The lowest BCUT2D eigenvalue weighted by Gasteiger charge is -2.34. The molecule has 1 saturated carbocycles. The first kappa shape index (κ1) is 14.6. The van der Waals surface area contributed by atoms with Gasteiger partial charge < -0.3 is 10.1 Å². The minimum Gasteiger partial charge on any atom is -0.374 e. The van der Waals surface area contributed by atoms with Gasteiger partial charge in [-0.15, -0.1) is 0 Å². The summed E-state index contributed by atoms with van der Waals surface area (Å²) in [4.78, 5) is 2.49. The van der Waals surface area contributed by atoms with Crippen molar-refractivity contribution in [3.05, 3.63) is 0 Å². The van der Waals surface area contributed by atoms with E-state index in [9.17, 15) is 0 Å². The fourth-order valence-corrected chi connectivity index (χ4v) is 3.74. The van der Waals surface area contributed by atoms with Crippen LogP contribution in [0.3, 0.4) is 0 Å². The third kappa shape index (κ3) is 4.41. The Morgan fingerprint density at radius 1 is 1.28 bits per heavy atom. The van der Waals surface area contributed by atoms with Gasteiger partial charge in [0.1, 0.15) is 0 Å². The summed E-state index contributed by atoms with van der Waals surface area (Å²) in [5.74, 6) is 0. The van der Waals surface area contributed by atoms with Gasteiger partial charge in [-0.1, -0.05) is 6.92 Å².